The van der Waals surface area contributed by atoms with E-state index in [2.05, 4.69) is 9.97 Å². The summed E-state index contributed by atoms with van der Waals surface area (Å²) in [6, 6.07) is -1.03. The molecule has 0 aliphatic rings. The summed E-state index contributed by atoms with van der Waals surface area (Å²) < 4.78 is 1.94. The Labute approximate surface area is 107 Å². The topological polar surface area (TPSA) is 110 Å². The summed E-state index contributed by atoms with van der Waals surface area (Å²) in [7, 11) is 1.31. The van der Waals surface area contributed by atoms with E-state index in [0.717, 1.165) is 9.13 Å². The molecule has 0 saturated heterocycles. The van der Waals surface area contributed by atoms with Crippen LogP contribution in [0.4, 0.5) is 0 Å². The molecule has 0 saturated carbocycles. The number of nitrogens with one attached hydrogen (secondary N) is 1. The number of hydrogen-bond donors (Lipinski definition) is 2. The summed E-state index contributed by atoms with van der Waals surface area (Å²) in [6.45, 7) is 1.82. The van der Waals surface area contributed by atoms with Gasteiger partial charge >= 0.3 is 11.7 Å². The van der Waals surface area contributed by atoms with Crippen molar-refractivity contribution in [2.75, 3.05) is 0 Å². The van der Waals surface area contributed by atoms with Crippen molar-refractivity contribution in [1.29, 1.82) is 0 Å². The van der Waals surface area contributed by atoms with Crippen LogP contribution in [-0.4, -0.2) is 30.2 Å². The predicted octanol–water partition coefficient (Wildman–Crippen LogP) is -0.151. The SMILES string of the molecule is CCCC(C(=O)O)n1c(=O)n(C)c(=O)c2[nH]cnc21. The number of H-pyrrole nitrogens is 1. The van der Waals surface area contributed by atoms with Gasteiger partial charge in [-0.15, -0.1) is 0 Å². The largest absolute Gasteiger partial charge is 0.480 e. The smallest absolute Gasteiger partial charge is 0.333 e. The number of aromatic nitrogens is 4. The van der Waals surface area contributed by atoms with Crippen LogP contribution in [-0.2, 0) is 11.8 Å². The molecule has 19 heavy (non-hydrogen) atoms. The molecule has 8 nitrogen and oxygen atoms in total. The summed E-state index contributed by atoms with van der Waals surface area (Å²) in [5.74, 6) is -1.12. The molecule has 0 radical (unpaired) electrons. The van der Waals surface area contributed by atoms with E-state index in [-0.39, 0.29) is 17.6 Å². The first kappa shape index (κ1) is 13.1. The Morgan fingerprint density at radius 1 is 1.53 bits per heavy atom. The van der Waals surface area contributed by atoms with E-state index < -0.39 is 23.3 Å². The molecular formula is C11H14N4O4. The second kappa shape index (κ2) is 4.71. The maximum Gasteiger partial charge on any atom is 0.333 e. The summed E-state index contributed by atoms with van der Waals surface area (Å²) in [5.41, 5.74) is -0.988. The molecule has 2 rings (SSSR count). The van der Waals surface area contributed by atoms with E-state index in [0.29, 0.717) is 6.42 Å². The molecule has 0 aromatic carbocycles. The molecule has 2 N–H and O–H groups in total. The lowest BCUT2D eigenvalue weighted by molar-refractivity contribution is -0.141. The minimum absolute atomic E-state index is 0.0777. The van der Waals surface area contributed by atoms with Gasteiger partial charge in [-0.05, 0) is 6.42 Å². The summed E-state index contributed by atoms with van der Waals surface area (Å²) in [4.78, 5) is 41.8. The van der Waals surface area contributed by atoms with E-state index in [1.54, 1.807) is 0 Å². The highest BCUT2D eigenvalue weighted by Gasteiger charge is 2.25. The monoisotopic (exact) mass is 266 g/mol. The quantitative estimate of drug-likeness (QED) is 0.799. The second-order valence-corrected chi connectivity index (χ2v) is 4.26. The van der Waals surface area contributed by atoms with Crippen molar-refractivity contribution in [2.24, 2.45) is 7.05 Å². The van der Waals surface area contributed by atoms with Gasteiger partial charge in [-0.2, -0.15) is 0 Å². The lowest BCUT2D eigenvalue weighted by Crippen LogP contribution is -2.41. The second-order valence-electron chi connectivity index (χ2n) is 4.26. The van der Waals surface area contributed by atoms with Gasteiger partial charge in [0, 0.05) is 7.05 Å². The van der Waals surface area contributed by atoms with Crippen LogP contribution < -0.4 is 11.2 Å². The number of fused-ring (bicyclic) bond motifs is 1. The molecule has 102 valence electrons. The van der Waals surface area contributed by atoms with Crippen molar-refractivity contribution >= 4 is 17.1 Å². The summed E-state index contributed by atoms with van der Waals surface area (Å²) >= 11 is 0. The molecular weight excluding hydrogens is 252 g/mol. The average molecular weight is 266 g/mol. The third kappa shape index (κ3) is 1.94. The number of carbonyl (C=O) groups is 1. The number of carboxylic acid groups (broad SMARTS) is 1. The highest BCUT2D eigenvalue weighted by atomic mass is 16.4. The lowest BCUT2D eigenvalue weighted by atomic mass is 10.1. The molecule has 2 heterocycles. The van der Waals surface area contributed by atoms with Crippen LogP contribution in [0, 0.1) is 0 Å². The van der Waals surface area contributed by atoms with Gasteiger partial charge in [0.2, 0.25) is 0 Å². The van der Waals surface area contributed by atoms with Gasteiger partial charge in [0.15, 0.2) is 5.65 Å². The van der Waals surface area contributed by atoms with Crippen molar-refractivity contribution in [3.8, 4) is 0 Å². The fourth-order valence-electron chi connectivity index (χ4n) is 2.05. The molecule has 1 atom stereocenters. The van der Waals surface area contributed by atoms with Gasteiger partial charge in [0.05, 0.1) is 6.33 Å². The zero-order valence-corrected chi connectivity index (χ0v) is 10.6. The van der Waals surface area contributed by atoms with Crippen LogP contribution in [0.3, 0.4) is 0 Å². The molecule has 0 amide bonds. The Morgan fingerprint density at radius 3 is 2.79 bits per heavy atom. The van der Waals surface area contributed by atoms with Crippen molar-refractivity contribution < 1.29 is 9.90 Å². The molecule has 0 aliphatic heterocycles. The van der Waals surface area contributed by atoms with Crippen molar-refractivity contribution in [2.45, 2.75) is 25.8 Å². The maximum atomic E-state index is 12.1. The van der Waals surface area contributed by atoms with Gasteiger partial charge in [-0.25, -0.2) is 14.6 Å². The van der Waals surface area contributed by atoms with Gasteiger partial charge in [0.25, 0.3) is 5.56 Å². The number of aromatic amines is 1. The van der Waals surface area contributed by atoms with Crippen molar-refractivity contribution in [3.05, 3.63) is 27.2 Å². The standard InChI is InChI=1S/C11H14N4O4/c1-3-4-6(10(17)18)15-8-7(12-5-13-8)9(16)14(2)11(15)19/h5-6H,3-4H2,1-2H3,(H,12,13)(H,17,18). The van der Waals surface area contributed by atoms with Crippen molar-refractivity contribution in [3.63, 3.8) is 0 Å². The summed E-state index contributed by atoms with van der Waals surface area (Å²) in [6.07, 6.45) is 2.15. The van der Waals surface area contributed by atoms with Gasteiger partial charge in [-0.1, -0.05) is 13.3 Å². The number of rotatable bonds is 4. The third-order valence-corrected chi connectivity index (χ3v) is 3.02. The zero-order chi connectivity index (χ0) is 14.2. The van der Waals surface area contributed by atoms with E-state index in [9.17, 15) is 19.5 Å². The fourth-order valence-corrected chi connectivity index (χ4v) is 2.05. The van der Waals surface area contributed by atoms with Gasteiger partial charge in [-0.3, -0.25) is 13.9 Å². The normalized spacial score (nSPS) is 12.7. The first-order chi connectivity index (χ1) is 8.99. The minimum atomic E-state index is -1.12. The van der Waals surface area contributed by atoms with Crippen LogP contribution in [0.25, 0.3) is 11.2 Å². The highest BCUT2D eigenvalue weighted by molar-refractivity contribution is 5.76. The predicted molar refractivity (Wildman–Crippen MR) is 67.2 cm³/mol. The third-order valence-electron chi connectivity index (χ3n) is 3.02. The van der Waals surface area contributed by atoms with Crippen LogP contribution in [0.1, 0.15) is 25.8 Å². The number of aliphatic carboxylic acids is 1. The van der Waals surface area contributed by atoms with Crippen LogP contribution >= 0.6 is 0 Å². The van der Waals surface area contributed by atoms with E-state index in [4.69, 9.17) is 0 Å². The molecule has 0 aliphatic carbocycles. The first-order valence-electron chi connectivity index (χ1n) is 5.86. The summed E-state index contributed by atoms with van der Waals surface area (Å²) in [5, 5.41) is 9.25. The number of imidazole rings is 1. The highest BCUT2D eigenvalue weighted by Crippen LogP contribution is 2.15. The van der Waals surface area contributed by atoms with E-state index in [1.807, 2.05) is 6.92 Å². The Morgan fingerprint density at radius 2 is 2.21 bits per heavy atom. The number of nitrogens with zero attached hydrogens (tertiary/aromatic N) is 3. The Hall–Kier alpha value is -2.38. The minimum Gasteiger partial charge on any atom is -0.480 e. The van der Waals surface area contributed by atoms with E-state index >= 15 is 0 Å². The lowest BCUT2D eigenvalue weighted by Gasteiger charge is -2.16. The molecule has 1 unspecified atom stereocenters. The molecule has 0 bridgehead atoms. The molecule has 0 fully saturated rings. The van der Waals surface area contributed by atoms with E-state index in [1.165, 1.54) is 13.4 Å². The zero-order valence-electron chi connectivity index (χ0n) is 10.6. The van der Waals surface area contributed by atoms with Crippen LogP contribution in [0.15, 0.2) is 15.9 Å². The Balaban J connectivity index is 2.85. The molecule has 2 aromatic rings. The van der Waals surface area contributed by atoms with Crippen LogP contribution in [0.2, 0.25) is 0 Å². The van der Waals surface area contributed by atoms with Crippen LogP contribution in [0.5, 0.6) is 0 Å². The Kier molecular flexibility index (Phi) is 3.24. The molecule has 2 aromatic heterocycles. The number of carboxylic acids is 1. The van der Waals surface area contributed by atoms with Gasteiger partial charge in [0.1, 0.15) is 11.6 Å². The first-order valence-corrected chi connectivity index (χ1v) is 5.86. The molecule has 8 heteroatoms. The maximum absolute atomic E-state index is 12.1. The fraction of sp³-hybridized carbons (Fsp3) is 0.455. The average Bonchev–Trinajstić information content (AvgIpc) is 2.84. The number of hydrogen-bond acceptors (Lipinski definition) is 4. The molecule has 0 spiro atoms. The Bertz CT molecular complexity index is 739. The van der Waals surface area contributed by atoms with Gasteiger partial charge < -0.3 is 10.1 Å². The van der Waals surface area contributed by atoms with Crippen molar-refractivity contribution in [1.82, 2.24) is 19.1 Å².